The lowest BCUT2D eigenvalue weighted by Gasteiger charge is -2.16. The molecule has 0 saturated carbocycles. The third-order valence-corrected chi connectivity index (χ3v) is 3.44. The van der Waals surface area contributed by atoms with Gasteiger partial charge in [-0.1, -0.05) is 19.9 Å². The summed E-state index contributed by atoms with van der Waals surface area (Å²) in [5, 5.41) is 9.36. The van der Waals surface area contributed by atoms with Crippen LogP contribution in [0.15, 0.2) is 36.5 Å². The fraction of sp³-hybridized carbons (Fsp3) is 0.333. The van der Waals surface area contributed by atoms with Crippen LogP contribution in [0.3, 0.4) is 0 Å². The first-order valence-electron chi connectivity index (χ1n) is 7.64. The predicted molar refractivity (Wildman–Crippen MR) is 91.7 cm³/mol. The second kappa shape index (κ2) is 7.61. The fourth-order valence-electron chi connectivity index (χ4n) is 2.42. The van der Waals surface area contributed by atoms with Gasteiger partial charge in [0.05, 0.1) is 5.56 Å². The number of pyridine rings is 1. The molecule has 0 fully saturated rings. The van der Waals surface area contributed by atoms with Crippen LogP contribution in [-0.2, 0) is 0 Å². The Morgan fingerprint density at radius 3 is 2.61 bits per heavy atom. The third kappa shape index (κ3) is 4.70. The molecule has 0 amide bonds. The van der Waals surface area contributed by atoms with Gasteiger partial charge in [0.25, 0.3) is 0 Å². The molecule has 1 unspecified atom stereocenters. The fourth-order valence-corrected chi connectivity index (χ4v) is 2.42. The van der Waals surface area contributed by atoms with E-state index >= 15 is 0 Å². The minimum absolute atomic E-state index is 0.0405. The number of hydrogen-bond donors (Lipinski definition) is 2. The zero-order valence-electron chi connectivity index (χ0n) is 13.5. The summed E-state index contributed by atoms with van der Waals surface area (Å²) in [4.78, 5) is 3.97. The van der Waals surface area contributed by atoms with E-state index in [4.69, 9.17) is 16.2 Å². The minimum atomic E-state index is -0.0405. The smallest absolute Gasteiger partial charge is 0.137 e. The Bertz CT molecular complexity index is 706. The molecule has 23 heavy (non-hydrogen) atoms. The average Bonchev–Trinajstić information content (AvgIpc) is 2.52. The average molecular weight is 310 g/mol. The van der Waals surface area contributed by atoms with Crippen LogP contribution in [0.4, 0.5) is 5.82 Å². The van der Waals surface area contributed by atoms with E-state index in [1.54, 1.807) is 24.4 Å². The van der Waals surface area contributed by atoms with Crippen LogP contribution in [0.25, 0.3) is 11.1 Å². The molecule has 1 atom stereocenters. The van der Waals surface area contributed by atoms with Gasteiger partial charge in [-0.3, -0.25) is 0 Å². The molecule has 2 rings (SSSR count). The van der Waals surface area contributed by atoms with Gasteiger partial charge in [-0.05, 0) is 47.7 Å². The number of ether oxygens (including phenoxy) is 1. The molecule has 0 spiro atoms. The van der Waals surface area contributed by atoms with Crippen molar-refractivity contribution in [1.82, 2.24) is 4.98 Å². The van der Waals surface area contributed by atoms with Crippen LogP contribution >= 0.6 is 0 Å². The van der Waals surface area contributed by atoms with E-state index in [1.165, 1.54) is 0 Å². The van der Waals surface area contributed by atoms with E-state index in [-0.39, 0.29) is 6.04 Å². The summed E-state index contributed by atoms with van der Waals surface area (Å²) < 4.78 is 5.72. The normalized spacial score (nSPS) is 12.0. The largest absolute Gasteiger partial charge is 0.491 e. The maximum atomic E-state index is 9.36. The zero-order chi connectivity index (χ0) is 16.8. The number of nitrogen functional groups attached to an aromatic ring is 1. The van der Waals surface area contributed by atoms with Gasteiger partial charge < -0.3 is 16.2 Å². The molecule has 5 nitrogen and oxygen atoms in total. The third-order valence-electron chi connectivity index (χ3n) is 3.44. The lowest BCUT2D eigenvalue weighted by molar-refractivity contribution is 0.270. The van der Waals surface area contributed by atoms with E-state index in [1.807, 2.05) is 12.1 Å². The molecule has 120 valence electrons. The molecule has 0 aliphatic carbocycles. The Hall–Kier alpha value is -2.58. The summed E-state index contributed by atoms with van der Waals surface area (Å²) in [5.74, 6) is 1.52. The number of hydrogen-bond acceptors (Lipinski definition) is 5. The summed E-state index contributed by atoms with van der Waals surface area (Å²) >= 11 is 0. The van der Waals surface area contributed by atoms with Crippen molar-refractivity contribution in [1.29, 1.82) is 5.26 Å². The lowest BCUT2D eigenvalue weighted by atomic mass is 10.0. The van der Waals surface area contributed by atoms with Gasteiger partial charge in [0.15, 0.2) is 0 Å². The van der Waals surface area contributed by atoms with Crippen LogP contribution in [0.2, 0.25) is 0 Å². The Labute approximate surface area is 136 Å². The molecule has 0 bridgehead atoms. The maximum Gasteiger partial charge on any atom is 0.137 e. The van der Waals surface area contributed by atoms with Crippen molar-refractivity contribution in [2.24, 2.45) is 11.7 Å². The van der Waals surface area contributed by atoms with E-state index in [0.29, 0.717) is 29.7 Å². The summed E-state index contributed by atoms with van der Waals surface area (Å²) in [6.45, 7) is 4.64. The van der Waals surface area contributed by atoms with Crippen LogP contribution < -0.4 is 16.2 Å². The maximum absolute atomic E-state index is 9.36. The van der Waals surface area contributed by atoms with Gasteiger partial charge in [0.2, 0.25) is 0 Å². The van der Waals surface area contributed by atoms with E-state index in [9.17, 15) is 5.26 Å². The Morgan fingerprint density at radius 2 is 1.96 bits per heavy atom. The molecule has 5 heteroatoms. The standard InChI is InChI=1S/C18H22N4O/c1-12(2)7-16(20)11-23-17-4-3-13(8-15(17)10-19)14-5-6-22-18(21)9-14/h3-6,8-9,12,16H,7,11,20H2,1-2H3,(H2,21,22). The highest BCUT2D eigenvalue weighted by atomic mass is 16.5. The number of rotatable bonds is 6. The van der Waals surface area contributed by atoms with Crippen molar-refractivity contribution in [3.05, 3.63) is 42.1 Å². The van der Waals surface area contributed by atoms with Crippen LogP contribution in [0.1, 0.15) is 25.8 Å². The summed E-state index contributed by atoms with van der Waals surface area (Å²) in [5.41, 5.74) is 14.0. The molecule has 0 aliphatic rings. The Kier molecular flexibility index (Phi) is 5.56. The molecule has 1 aromatic heterocycles. The second-order valence-electron chi connectivity index (χ2n) is 5.99. The van der Waals surface area contributed by atoms with Gasteiger partial charge >= 0.3 is 0 Å². The molecular formula is C18H22N4O. The van der Waals surface area contributed by atoms with E-state index in [2.05, 4.69) is 24.9 Å². The topological polar surface area (TPSA) is 97.9 Å². The highest BCUT2D eigenvalue weighted by Gasteiger charge is 2.10. The first-order valence-corrected chi connectivity index (χ1v) is 7.64. The molecule has 1 heterocycles. The van der Waals surface area contributed by atoms with Crippen molar-refractivity contribution in [2.45, 2.75) is 26.3 Å². The van der Waals surface area contributed by atoms with Gasteiger partial charge in [0, 0.05) is 12.2 Å². The first-order chi connectivity index (χ1) is 11.0. The molecular weight excluding hydrogens is 288 g/mol. The summed E-state index contributed by atoms with van der Waals surface area (Å²) in [6, 6.07) is 11.2. The number of anilines is 1. The van der Waals surface area contributed by atoms with Crippen molar-refractivity contribution in [3.8, 4) is 22.9 Å². The molecule has 2 aromatic rings. The van der Waals surface area contributed by atoms with Crippen LogP contribution in [0.5, 0.6) is 5.75 Å². The lowest BCUT2D eigenvalue weighted by Crippen LogP contribution is -2.29. The molecule has 4 N–H and O–H groups in total. The molecule has 0 aliphatic heterocycles. The number of aromatic nitrogens is 1. The zero-order valence-corrected chi connectivity index (χ0v) is 13.5. The number of nitrogens with two attached hydrogens (primary N) is 2. The van der Waals surface area contributed by atoms with E-state index in [0.717, 1.165) is 17.5 Å². The molecule has 0 radical (unpaired) electrons. The number of benzene rings is 1. The van der Waals surface area contributed by atoms with Gasteiger partial charge in [0.1, 0.15) is 24.2 Å². The van der Waals surface area contributed by atoms with Gasteiger partial charge in [-0.2, -0.15) is 5.26 Å². The van der Waals surface area contributed by atoms with Gasteiger partial charge in [-0.25, -0.2) is 4.98 Å². The quantitative estimate of drug-likeness (QED) is 0.854. The molecule has 1 aromatic carbocycles. The van der Waals surface area contributed by atoms with Crippen LogP contribution in [0, 0.1) is 17.2 Å². The number of nitriles is 1. The first kappa shape index (κ1) is 16.8. The van der Waals surface area contributed by atoms with Crippen molar-refractivity contribution in [2.75, 3.05) is 12.3 Å². The Morgan fingerprint density at radius 1 is 1.22 bits per heavy atom. The summed E-state index contributed by atoms with van der Waals surface area (Å²) in [6.07, 6.45) is 2.53. The Balaban J connectivity index is 2.16. The SMILES string of the molecule is CC(C)CC(N)COc1ccc(-c2ccnc(N)c2)cc1C#N. The highest BCUT2D eigenvalue weighted by Crippen LogP contribution is 2.27. The molecule has 0 saturated heterocycles. The van der Waals surface area contributed by atoms with Crippen LogP contribution in [-0.4, -0.2) is 17.6 Å². The monoisotopic (exact) mass is 310 g/mol. The van der Waals surface area contributed by atoms with Crippen molar-refractivity contribution >= 4 is 5.82 Å². The van der Waals surface area contributed by atoms with E-state index < -0.39 is 0 Å². The minimum Gasteiger partial charge on any atom is -0.491 e. The second-order valence-corrected chi connectivity index (χ2v) is 5.99. The predicted octanol–water partition coefficient (Wildman–Crippen LogP) is 2.95. The summed E-state index contributed by atoms with van der Waals surface area (Å²) in [7, 11) is 0. The van der Waals surface area contributed by atoms with Crippen molar-refractivity contribution in [3.63, 3.8) is 0 Å². The number of nitrogens with zero attached hydrogens (tertiary/aromatic N) is 2. The van der Waals surface area contributed by atoms with Gasteiger partial charge in [-0.15, -0.1) is 0 Å². The highest BCUT2D eigenvalue weighted by molar-refractivity contribution is 5.68. The van der Waals surface area contributed by atoms with Crippen molar-refractivity contribution < 1.29 is 4.74 Å².